The third kappa shape index (κ3) is 3.91. The van der Waals surface area contributed by atoms with Gasteiger partial charge in [-0.05, 0) is 48.4 Å². The predicted octanol–water partition coefficient (Wildman–Crippen LogP) is 5.05. The zero-order valence-electron chi connectivity index (χ0n) is 23.1. The van der Waals surface area contributed by atoms with Gasteiger partial charge in [0.05, 0.1) is 28.6 Å². The lowest BCUT2D eigenvalue weighted by Crippen LogP contribution is -2.32. The monoisotopic (exact) mass is 572 g/mol. The maximum absolute atomic E-state index is 14.8. The molecule has 1 aliphatic heterocycles. The molecule has 0 radical (unpaired) electrons. The molecule has 210 valence electrons. The minimum Gasteiger partial charge on any atom is -0.355 e. The van der Waals surface area contributed by atoms with Crippen LogP contribution in [0.5, 0.6) is 0 Å². The lowest BCUT2D eigenvalue weighted by atomic mass is 9.88. The first kappa shape index (κ1) is 25.9. The standard InChI is InChI=1S/C30H30ClFN8O/c1-4-30(20-7-5-6-8-22(20)32)19-11-12-39(15-21(19)30)24-14-33-28-27(36-37-29(28)35-24)17-9-10-23-18(26(17)31)13-34-40(23)16-25(41)38(2)3/h5-10,13-14,19,21H,4,11-12,15-16H2,1-3H3,(H,35,36,37)/t19-,21+,30-/m1/s1. The van der Waals surface area contributed by atoms with Crippen molar-refractivity contribution >= 4 is 45.4 Å². The molecule has 0 spiro atoms. The Morgan fingerprint density at radius 3 is 2.80 bits per heavy atom. The largest absolute Gasteiger partial charge is 0.355 e. The maximum atomic E-state index is 14.8. The van der Waals surface area contributed by atoms with E-state index in [2.05, 4.69) is 27.1 Å². The van der Waals surface area contributed by atoms with E-state index in [0.717, 1.165) is 53.8 Å². The number of anilines is 1. The number of hydrogen-bond acceptors (Lipinski definition) is 6. The smallest absolute Gasteiger partial charge is 0.243 e. The van der Waals surface area contributed by atoms with Gasteiger partial charge in [0.1, 0.15) is 23.7 Å². The number of nitrogens with zero attached hydrogens (tertiary/aromatic N) is 7. The first-order chi connectivity index (χ1) is 19.8. The Morgan fingerprint density at radius 2 is 2.02 bits per heavy atom. The number of carbonyl (C=O) groups is 1. The number of carbonyl (C=O) groups excluding carboxylic acids is 1. The van der Waals surface area contributed by atoms with E-state index in [-0.39, 0.29) is 23.7 Å². The molecule has 3 aromatic heterocycles. The first-order valence-electron chi connectivity index (χ1n) is 13.9. The molecule has 1 amide bonds. The van der Waals surface area contributed by atoms with Crippen molar-refractivity contribution < 1.29 is 9.18 Å². The second kappa shape index (κ2) is 9.51. The fourth-order valence-corrected chi connectivity index (χ4v) is 7.28. The van der Waals surface area contributed by atoms with Crippen molar-refractivity contribution in [1.82, 2.24) is 34.8 Å². The van der Waals surface area contributed by atoms with Crippen LogP contribution in [0.2, 0.25) is 5.02 Å². The maximum Gasteiger partial charge on any atom is 0.243 e. The zero-order chi connectivity index (χ0) is 28.5. The number of aromatic amines is 1. The van der Waals surface area contributed by atoms with Gasteiger partial charge in [-0.1, -0.05) is 36.7 Å². The number of halogens is 2. The number of fused-ring (bicyclic) bond motifs is 3. The van der Waals surface area contributed by atoms with Crippen LogP contribution >= 0.6 is 11.6 Å². The summed E-state index contributed by atoms with van der Waals surface area (Å²) in [6.07, 6.45) is 5.37. The summed E-state index contributed by atoms with van der Waals surface area (Å²) >= 11 is 6.84. The van der Waals surface area contributed by atoms with Crippen LogP contribution in [-0.4, -0.2) is 67.9 Å². The Kier molecular flexibility index (Phi) is 6.01. The number of hydrogen-bond donors (Lipinski definition) is 1. The Morgan fingerprint density at radius 1 is 1.20 bits per heavy atom. The SMILES string of the molecule is CC[C@]1(c2ccccc2F)[C@@H]2CCN(c3cnc4c(-c5ccc6c(cnn6CC(=O)N(C)C)c5Cl)[nH]nc4n3)C[C@@H]21. The Labute approximate surface area is 241 Å². The Bertz CT molecular complexity index is 1820. The van der Waals surface area contributed by atoms with E-state index in [4.69, 9.17) is 21.6 Å². The molecule has 0 bridgehead atoms. The average Bonchev–Trinajstić information content (AvgIpc) is 3.21. The molecule has 1 N–H and O–H groups in total. The van der Waals surface area contributed by atoms with Gasteiger partial charge in [0.15, 0.2) is 0 Å². The summed E-state index contributed by atoms with van der Waals surface area (Å²) in [6.45, 7) is 3.96. The molecule has 11 heteroatoms. The van der Waals surface area contributed by atoms with E-state index in [0.29, 0.717) is 33.7 Å². The third-order valence-corrected chi connectivity index (χ3v) is 9.58. The number of piperidine rings is 1. The summed E-state index contributed by atoms with van der Waals surface area (Å²) < 4.78 is 16.5. The molecule has 2 aliphatic rings. The van der Waals surface area contributed by atoms with Gasteiger partial charge in [-0.2, -0.15) is 10.2 Å². The van der Waals surface area contributed by atoms with Gasteiger partial charge >= 0.3 is 0 Å². The van der Waals surface area contributed by atoms with Gasteiger partial charge in [-0.15, -0.1) is 0 Å². The minimum atomic E-state index is -0.111. The molecule has 7 rings (SSSR count). The highest BCUT2D eigenvalue weighted by Gasteiger charge is 2.65. The zero-order valence-corrected chi connectivity index (χ0v) is 23.9. The van der Waals surface area contributed by atoms with Crippen molar-refractivity contribution in [3.63, 3.8) is 0 Å². The molecular weight excluding hydrogens is 543 g/mol. The highest BCUT2D eigenvalue weighted by atomic mass is 35.5. The van der Waals surface area contributed by atoms with Gasteiger partial charge in [0.25, 0.3) is 0 Å². The van der Waals surface area contributed by atoms with Crippen molar-refractivity contribution in [3.05, 3.63) is 65.2 Å². The fourth-order valence-electron chi connectivity index (χ4n) is 6.97. The predicted molar refractivity (Wildman–Crippen MR) is 156 cm³/mol. The lowest BCUT2D eigenvalue weighted by molar-refractivity contribution is -0.129. The molecule has 0 unspecified atom stereocenters. The third-order valence-electron chi connectivity index (χ3n) is 9.18. The van der Waals surface area contributed by atoms with E-state index in [1.54, 1.807) is 43.3 Å². The summed E-state index contributed by atoms with van der Waals surface area (Å²) in [5.74, 6) is 1.47. The molecule has 1 saturated carbocycles. The number of aromatic nitrogens is 6. The molecule has 2 aromatic carbocycles. The van der Waals surface area contributed by atoms with Crippen molar-refractivity contribution in [3.8, 4) is 11.3 Å². The Balaban J connectivity index is 1.16. The van der Waals surface area contributed by atoms with Crippen LogP contribution < -0.4 is 4.90 Å². The summed E-state index contributed by atoms with van der Waals surface area (Å²) in [5, 5.41) is 13.2. The fraction of sp³-hybridized carbons (Fsp3) is 0.367. The summed E-state index contributed by atoms with van der Waals surface area (Å²) in [7, 11) is 3.43. The van der Waals surface area contributed by atoms with Gasteiger partial charge < -0.3 is 9.80 Å². The van der Waals surface area contributed by atoms with Gasteiger partial charge in [0, 0.05) is 43.5 Å². The van der Waals surface area contributed by atoms with Crippen molar-refractivity contribution in [2.75, 3.05) is 32.1 Å². The van der Waals surface area contributed by atoms with Crippen molar-refractivity contribution in [2.24, 2.45) is 11.8 Å². The second-order valence-electron chi connectivity index (χ2n) is 11.3. The van der Waals surface area contributed by atoms with E-state index in [1.807, 2.05) is 24.3 Å². The molecule has 9 nitrogen and oxygen atoms in total. The van der Waals surface area contributed by atoms with E-state index in [1.165, 1.54) is 4.90 Å². The molecule has 41 heavy (non-hydrogen) atoms. The van der Waals surface area contributed by atoms with Crippen molar-refractivity contribution in [2.45, 2.75) is 31.7 Å². The van der Waals surface area contributed by atoms with Crippen LogP contribution in [0.1, 0.15) is 25.3 Å². The summed E-state index contributed by atoms with van der Waals surface area (Å²) in [6, 6.07) is 11.0. The lowest BCUT2D eigenvalue weighted by Gasteiger charge is -2.26. The van der Waals surface area contributed by atoms with Gasteiger partial charge in [0.2, 0.25) is 11.6 Å². The van der Waals surface area contributed by atoms with E-state index in [9.17, 15) is 9.18 Å². The van der Waals surface area contributed by atoms with E-state index >= 15 is 0 Å². The molecule has 4 heterocycles. The summed E-state index contributed by atoms with van der Waals surface area (Å²) in [5.41, 5.74) is 4.05. The summed E-state index contributed by atoms with van der Waals surface area (Å²) in [4.78, 5) is 25.6. The van der Waals surface area contributed by atoms with Crippen LogP contribution in [0.15, 0.2) is 48.8 Å². The number of benzene rings is 2. The topological polar surface area (TPSA) is 95.8 Å². The molecule has 2 fully saturated rings. The molecule has 3 atom stereocenters. The molecule has 5 aromatic rings. The second-order valence-corrected chi connectivity index (χ2v) is 11.6. The highest BCUT2D eigenvalue weighted by Crippen LogP contribution is 2.65. The van der Waals surface area contributed by atoms with Gasteiger partial charge in [-0.25, -0.2) is 14.4 Å². The number of amides is 1. The van der Waals surface area contributed by atoms with Crippen LogP contribution in [0, 0.1) is 17.7 Å². The van der Waals surface area contributed by atoms with Crippen LogP contribution in [0.3, 0.4) is 0 Å². The Hall–Kier alpha value is -4.05. The molecular formula is C30H30ClFN8O. The van der Waals surface area contributed by atoms with Gasteiger partial charge in [-0.3, -0.25) is 14.6 Å². The number of rotatable bonds is 6. The number of H-pyrrole nitrogens is 1. The molecule has 1 saturated heterocycles. The molecule has 1 aliphatic carbocycles. The first-order valence-corrected chi connectivity index (χ1v) is 14.3. The number of nitrogens with one attached hydrogen (secondary N) is 1. The van der Waals surface area contributed by atoms with Crippen LogP contribution in [-0.2, 0) is 16.8 Å². The average molecular weight is 573 g/mol. The number of likely N-dealkylation sites (N-methyl/N-ethyl adjacent to an activating group) is 1. The highest BCUT2D eigenvalue weighted by molar-refractivity contribution is 6.38. The van der Waals surface area contributed by atoms with Crippen LogP contribution in [0.4, 0.5) is 10.2 Å². The normalized spacial score (nSPS) is 21.8. The minimum absolute atomic E-state index is 0.0561. The quantitative estimate of drug-likeness (QED) is 0.306. The van der Waals surface area contributed by atoms with E-state index < -0.39 is 0 Å². The van der Waals surface area contributed by atoms with Crippen LogP contribution in [0.25, 0.3) is 33.3 Å². The van der Waals surface area contributed by atoms with Crippen molar-refractivity contribution in [1.29, 1.82) is 0 Å².